The molecule has 4 atom stereocenters. The molecule has 0 radical (unpaired) electrons. The van der Waals surface area contributed by atoms with Gasteiger partial charge >= 0.3 is 12.1 Å². The Morgan fingerprint density at radius 3 is 2.55 bits per heavy atom. The molecular formula is C30H35NO7. The molecule has 38 heavy (non-hydrogen) atoms. The Kier molecular flexibility index (Phi) is 8.54. The molecule has 2 aromatic rings. The fraction of sp³-hybridized carbons (Fsp3) is 0.400. The van der Waals surface area contributed by atoms with Gasteiger partial charge in [-0.25, -0.2) is 4.79 Å². The van der Waals surface area contributed by atoms with Crippen molar-refractivity contribution in [1.29, 1.82) is 0 Å². The minimum atomic E-state index is -0.901. The Bertz CT molecular complexity index is 1160. The average molecular weight is 522 g/mol. The van der Waals surface area contributed by atoms with E-state index >= 15 is 0 Å². The topological polar surface area (TPSA) is 83.5 Å². The van der Waals surface area contributed by atoms with E-state index in [2.05, 4.69) is 13.2 Å². The van der Waals surface area contributed by atoms with Gasteiger partial charge in [-0.1, -0.05) is 49.1 Å². The second kappa shape index (κ2) is 11.8. The van der Waals surface area contributed by atoms with Crippen molar-refractivity contribution in [2.45, 2.75) is 70.4 Å². The van der Waals surface area contributed by atoms with Crippen LogP contribution in [0.5, 0.6) is 5.75 Å². The van der Waals surface area contributed by atoms with Crippen molar-refractivity contribution in [2.24, 2.45) is 0 Å². The third kappa shape index (κ3) is 6.26. The maximum Gasteiger partial charge on any atom is 0.414 e. The summed E-state index contributed by atoms with van der Waals surface area (Å²) in [5, 5.41) is 0. The summed E-state index contributed by atoms with van der Waals surface area (Å²) in [6.45, 7) is 12.9. The molecule has 8 heteroatoms. The van der Waals surface area contributed by atoms with E-state index in [1.165, 1.54) is 13.0 Å². The fourth-order valence-electron chi connectivity index (χ4n) is 5.00. The molecule has 0 bridgehead atoms. The van der Waals surface area contributed by atoms with E-state index in [-0.39, 0.29) is 6.61 Å². The number of nitrogens with zero attached hydrogens (tertiary/aromatic N) is 1. The molecule has 0 saturated carbocycles. The van der Waals surface area contributed by atoms with Crippen LogP contribution in [0.25, 0.3) is 0 Å². The third-order valence-electron chi connectivity index (χ3n) is 6.44. The van der Waals surface area contributed by atoms with Crippen LogP contribution in [0.15, 0.2) is 73.8 Å². The van der Waals surface area contributed by atoms with Crippen molar-refractivity contribution >= 4 is 17.7 Å². The van der Waals surface area contributed by atoms with E-state index in [9.17, 15) is 9.59 Å². The van der Waals surface area contributed by atoms with Gasteiger partial charge in [0.1, 0.15) is 37.3 Å². The predicted molar refractivity (Wildman–Crippen MR) is 143 cm³/mol. The highest BCUT2D eigenvalue weighted by Crippen LogP contribution is 2.50. The quantitative estimate of drug-likeness (QED) is 0.286. The van der Waals surface area contributed by atoms with E-state index in [0.717, 1.165) is 11.1 Å². The van der Waals surface area contributed by atoms with Gasteiger partial charge < -0.3 is 23.7 Å². The molecule has 2 heterocycles. The van der Waals surface area contributed by atoms with Crippen LogP contribution in [-0.2, 0) is 30.3 Å². The number of benzene rings is 2. The van der Waals surface area contributed by atoms with Crippen molar-refractivity contribution in [3.8, 4) is 5.75 Å². The summed E-state index contributed by atoms with van der Waals surface area (Å²) in [7, 11) is 0. The number of carbonyl (C=O) groups excluding carboxylic acids is 2. The number of hydrogen-bond donors (Lipinski definition) is 0. The minimum absolute atomic E-state index is 0.0482. The van der Waals surface area contributed by atoms with Gasteiger partial charge in [-0.2, -0.15) is 0 Å². The number of fused-ring (bicyclic) bond motifs is 3. The van der Waals surface area contributed by atoms with Crippen LogP contribution in [0, 0.1) is 0 Å². The molecule has 202 valence electrons. The van der Waals surface area contributed by atoms with Gasteiger partial charge in [0.25, 0.3) is 0 Å². The molecule has 8 nitrogen and oxygen atoms in total. The van der Waals surface area contributed by atoms with Crippen molar-refractivity contribution in [3.63, 3.8) is 0 Å². The summed E-state index contributed by atoms with van der Waals surface area (Å²) in [5.41, 5.74) is 2.42. The van der Waals surface area contributed by atoms with Crippen molar-refractivity contribution < 1.29 is 33.3 Å². The summed E-state index contributed by atoms with van der Waals surface area (Å²) in [6.07, 6.45) is 1.85. The van der Waals surface area contributed by atoms with Crippen LogP contribution < -0.4 is 9.64 Å². The zero-order chi connectivity index (χ0) is 27.3. The predicted octanol–water partition coefficient (Wildman–Crippen LogP) is 5.87. The molecule has 1 fully saturated rings. The van der Waals surface area contributed by atoms with Gasteiger partial charge in [-0.05, 0) is 37.6 Å². The lowest BCUT2D eigenvalue weighted by Crippen LogP contribution is -2.54. The number of amides is 1. The van der Waals surface area contributed by atoms with Gasteiger partial charge in [-0.3, -0.25) is 9.69 Å². The van der Waals surface area contributed by atoms with Crippen LogP contribution >= 0.6 is 0 Å². The van der Waals surface area contributed by atoms with Crippen LogP contribution in [0.3, 0.4) is 0 Å². The molecule has 1 saturated heterocycles. The van der Waals surface area contributed by atoms with E-state index in [1.807, 2.05) is 62.4 Å². The Morgan fingerprint density at radius 1 is 1.11 bits per heavy atom. The van der Waals surface area contributed by atoms with Gasteiger partial charge in [0.15, 0.2) is 5.79 Å². The standard InChI is InChI=1S/C30H35NO7/c1-6-11-23(36-20(3)32)18-26-28-27(37-30(4,5)38-28)24-17-22(35-19-21-12-9-8-10-13-21)14-15-25(24)31(26)29(33)34-16-7-2/h6-10,12-15,17,23,26-28H,1-2,11,16,18-19H2,3-5H3/t23-,26+,27+,28+/m1/s1. The first-order chi connectivity index (χ1) is 18.2. The summed E-state index contributed by atoms with van der Waals surface area (Å²) in [6, 6.07) is 14.9. The van der Waals surface area contributed by atoms with E-state index in [4.69, 9.17) is 23.7 Å². The highest BCUT2D eigenvalue weighted by Gasteiger charge is 2.54. The molecule has 1 amide bonds. The lowest BCUT2D eigenvalue weighted by atomic mass is 9.87. The number of carbonyl (C=O) groups is 2. The average Bonchev–Trinajstić information content (AvgIpc) is 3.22. The molecule has 0 aromatic heterocycles. The smallest absolute Gasteiger partial charge is 0.414 e. The Balaban J connectivity index is 1.73. The van der Waals surface area contributed by atoms with Crippen molar-refractivity contribution in [1.82, 2.24) is 0 Å². The largest absolute Gasteiger partial charge is 0.489 e. The molecule has 2 aliphatic rings. The molecule has 2 aromatic carbocycles. The molecule has 0 spiro atoms. The first-order valence-corrected chi connectivity index (χ1v) is 12.7. The lowest BCUT2D eigenvalue weighted by molar-refractivity contribution is -0.152. The summed E-state index contributed by atoms with van der Waals surface area (Å²) < 4.78 is 29.8. The Labute approximate surface area is 223 Å². The van der Waals surface area contributed by atoms with Crippen LogP contribution in [0.1, 0.15) is 50.8 Å². The SMILES string of the molecule is C=CCOC(=O)N1c2ccc(OCc3ccccc3)cc2[C@@H]2OC(C)(C)O[C@H]2[C@@H]1C[C@@H](CC=C)OC(C)=O. The number of hydrogen-bond acceptors (Lipinski definition) is 7. The van der Waals surface area contributed by atoms with Crippen molar-refractivity contribution in [2.75, 3.05) is 11.5 Å². The van der Waals surface area contributed by atoms with E-state index in [1.54, 1.807) is 11.0 Å². The highest BCUT2D eigenvalue weighted by molar-refractivity contribution is 5.91. The fourth-order valence-corrected chi connectivity index (χ4v) is 5.00. The highest BCUT2D eigenvalue weighted by atomic mass is 16.8. The molecular weight excluding hydrogens is 486 g/mol. The number of rotatable bonds is 10. The van der Waals surface area contributed by atoms with Crippen LogP contribution in [-0.4, -0.2) is 42.7 Å². The Hall–Kier alpha value is -3.62. The van der Waals surface area contributed by atoms with Gasteiger partial charge in [-0.15, -0.1) is 6.58 Å². The summed E-state index contributed by atoms with van der Waals surface area (Å²) >= 11 is 0. The van der Waals surface area contributed by atoms with Gasteiger partial charge in [0.05, 0.1) is 11.7 Å². The minimum Gasteiger partial charge on any atom is -0.489 e. The van der Waals surface area contributed by atoms with Crippen molar-refractivity contribution in [3.05, 3.63) is 85.0 Å². The second-order valence-corrected chi connectivity index (χ2v) is 9.81. The molecule has 2 aliphatic heterocycles. The molecule has 0 N–H and O–H groups in total. The lowest BCUT2D eigenvalue weighted by Gasteiger charge is -2.42. The zero-order valence-electron chi connectivity index (χ0n) is 22.1. The molecule has 0 aliphatic carbocycles. The molecule has 4 rings (SSSR count). The first-order valence-electron chi connectivity index (χ1n) is 12.7. The second-order valence-electron chi connectivity index (χ2n) is 9.81. The summed E-state index contributed by atoms with van der Waals surface area (Å²) in [5.74, 6) is -0.668. The Morgan fingerprint density at radius 2 is 1.87 bits per heavy atom. The number of anilines is 1. The van der Waals surface area contributed by atoms with Gasteiger partial charge in [0, 0.05) is 25.3 Å². The molecule has 0 unspecified atom stereocenters. The zero-order valence-corrected chi connectivity index (χ0v) is 22.1. The normalized spacial score (nSPS) is 22.0. The first kappa shape index (κ1) is 27.4. The van der Waals surface area contributed by atoms with Crippen LogP contribution in [0.4, 0.5) is 10.5 Å². The third-order valence-corrected chi connectivity index (χ3v) is 6.44. The monoisotopic (exact) mass is 521 g/mol. The van der Waals surface area contributed by atoms with Crippen LogP contribution in [0.2, 0.25) is 0 Å². The number of esters is 1. The maximum atomic E-state index is 13.4. The van der Waals surface area contributed by atoms with Gasteiger partial charge in [0.2, 0.25) is 0 Å². The number of ether oxygens (including phenoxy) is 5. The van der Waals surface area contributed by atoms with E-state index in [0.29, 0.717) is 30.9 Å². The van der Waals surface area contributed by atoms with E-state index < -0.39 is 42.2 Å². The summed E-state index contributed by atoms with van der Waals surface area (Å²) in [4.78, 5) is 26.8. The maximum absolute atomic E-state index is 13.4.